The maximum absolute atomic E-state index is 13.4. The van der Waals surface area contributed by atoms with Crippen LogP contribution in [0.15, 0.2) is 54.6 Å². The third-order valence-corrected chi connectivity index (χ3v) is 2.85. The third kappa shape index (κ3) is 3.75. The molecule has 102 valence electrons. The molecule has 0 spiro atoms. The first-order valence-corrected chi connectivity index (χ1v) is 6.25. The number of halogens is 1. The normalized spacial score (nSPS) is 10.1. The number of amides is 1. The summed E-state index contributed by atoms with van der Waals surface area (Å²) >= 11 is 0. The van der Waals surface area contributed by atoms with Gasteiger partial charge < -0.3 is 5.32 Å². The van der Waals surface area contributed by atoms with E-state index < -0.39 is 5.82 Å². The number of rotatable bonds is 5. The van der Waals surface area contributed by atoms with Crippen LogP contribution in [0.2, 0.25) is 0 Å². The van der Waals surface area contributed by atoms with E-state index in [9.17, 15) is 14.0 Å². The van der Waals surface area contributed by atoms with Crippen LogP contribution in [0.3, 0.4) is 0 Å². The van der Waals surface area contributed by atoms with Crippen molar-refractivity contribution >= 4 is 11.7 Å². The lowest BCUT2D eigenvalue weighted by Gasteiger charge is -2.05. The van der Waals surface area contributed by atoms with Crippen molar-refractivity contribution in [2.24, 2.45) is 0 Å². The lowest BCUT2D eigenvalue weighted by atomic mass is 10.1. The van der Waals surface area contributed by atoms with Crippen molar-refractivity contribution < 1.29 is 14.0 Å². The predicted octanol–water partition coefficient (Wildman–Crippen LogP) is 2.37. The fourth-order valence-corrected chi connectivity index (χ4v) is 1.78. The Morgan fingerprint density at radius 2 is 1.60 bits per heavy atom. The van der Waals surface area contributed by atoms with Crippen molar-refractivity contribution in [2.45, 2.75) is 6.42 Å². The lowest BCUT2D eigenvalue weighted by Crippen LogP contribution is -2.30. The van der Waals surface area contributed by atoms with Crippen LogP contribution in [-0.4, -0.2) is 18.2 Å². The molecule has 1 N–H and O–H groups in total. The van der Waals surface area contributed by atoms with Gasteiger partial charge in [0.05, 0.1) is 13.0 Å². The summed E-state index contributed by atoms with van der Waals surface area (Å²) in [6, 6.07) is 14.8. The fourth-order valence-electron chi connectivity index (χ4n) is 1.78. The summed E-state index contributed by atoms with van der Waals surface area (Å²) in [4.78, 5) is 23.5. The molecule has 0 saturated heterocycles. The Hall–Kier alpha value is -2.49. The zero-order valence-corrected chi connectivity index (χ0v) is 10.8. The summed E-state index contributed by atoms with van der Waals surface area (Å²) < 4.78 is 13.4. The summed E-state index contributed by atoms with van der Waals surface area (Å²) in [5.74, 6) is -0.969. The molecular formula is C16H14FNO2. The highest BCUT2D eigenvalue weighted by Crippen LogP contribution is 2.06. The summed E-state index contributed by atoms with van der Waals surface area (Å²) in [6.07, 6.45) is -0.0747. The zero-order chi connectivity index (χ0) is 14.4. The molecule has 20 heavy (non-hydrogen) atoms. The van der Waals surface area contributed by atoms with Crippen molar-refractivity contribution in [3.63, 3.8) is 0 Å². The van der Waals surface area contributed by atoms with Gasteiger partial charge in [-0.25, -0.2) is 4.39 Å². The van der Waals surface area contributed by atoms with Crippen LogP contribution >= 0.6 is 0 Å². The molecule has 0 fully saturated rings. The standard InChI is InChI=1S/C16H14FNO2/c17-14-9-5-4-8-13(14)10-16(20)18-11-15(19)12-6-2-1-3-7-12/h1-9H,10-11H2,(H,18,20). The first-order chi connectivity index (χ1) is 9.66. The van der Waals surface area contributed by atoms with Gasteiger partial charge in [-0.1, -0.05) is 48.5 Å². The largest absolute Gasteiger partial charge is 0.348 e. The highest BCUT2D eigenvalue weighted by Gasteiger charge is 2.10. The SMILES string of the molecule is O=C(Cc1ccccc1F)NCC(=O)c1ccccc1. The van der Waals surface area contributed by atoms with Crippen molar-refractivity contribution in [3.8, 4) is 0 Å². The molecule has 1 amide bonds. The Bertz CT molecular complexity index is 611. The molecular weight excluding hydrogens is 257 g/mol. The van der Waals surface area contributed by atoms with E-state index >= 15 is 0 Å². The Morgan fingerprint density at radius 1 is 0.950 bits per heavy atom. The minimum atomic E-state index is -0.419. The zero-order valence-electron chi connectivity index (χ0n) is 10.8. The van der Waals surface area contributed by atoms with Crippen LogP contribution in [-0.2, 0) is 11.2 Å². The number of nitrogens with one attached hydrogen (secondary N) is 1. The van der Waals surface area contributed by atoms with E-state index in [2.05, 4.69) is 5.32 Å². The Labute approximate surface area is 116 Å². The number of Topliss-reactive ketones (excluding diaryl/α,β-unsaturated/α-hetero) is 1. The maximum atomic E-state index is 13.4. The van der Waals surface area contributed by atoms with Gasteiger partial charge in [0.15, 0.2) is 5.78 Å². The number of ketones is 1. The van der Waals surface area contributed by atoms with Gasteiger partial charge in [0, 0.05) is 5.56 Å². The minimum Gasteiger partial charge on any atom is -0.348 e. The second kappa shape index (κ2) is 6.61. The summed E-state index contributed by atoms with van der Waals surface area (Å²) in [6.45, 7) is -0.0860. The molecule has 0 unspecified atom stereocenters. The van der Waals surface area contributed by atoms with E-state index in [0.29, 0.717) is 11.1 Å². The van der Waals surface area contributed by atoms with Crippen LogP contribution in [0.1, 0.15) is 15.9 Å². The number of hydrogen-bond acceptors (Lipinski definition) is 2. The van der Waals surface area contributed by atoms with E-state index in [1.54, 1.807) is 42.5 Å². The van der Waals surface area contributed by atoms with E-state index in [1.165, 1.54) is 6.07 Å². The van der Waals surface area contributed by atoms with Crippen LogP contribution in [0.25, 0.3) is 0 Å². The Kier molecular flexibility index (Phi) is 4.60. The van der Waals surface area contributed by atoms with Crippen LogP contribution < -0.4 is 5.32 Å². The summed E-state index contributed by atoms with van der Waals surface area (Å²) in [5.41, 5.74) is 0.857. The number of benzene rings is 2. The molecule has 0 aliphatic carbocycles. The maximum Gasteiger partial charge on any atom is 0.224 e. The van der Waals surface area contributed by atoms with Crippen LogP contribution in [0.4, 0.5) is 4.39 Å². The van der Waals surface area contributed by atoms with Gasteiger partial charge in [-0.2, -0.15) is 0 Å². The fraction of sp³-hybridized carbons (Fsp3) is 0.125. The molecule has 0 aliphatic rings. The molecule has 0 atom stereocenters. The van der Waals surface area contributed by atoms with Gasteiger partial charge in [0.25, 0.3) is 0 Å². The topological polar surface area (TPSA) is 46.2 Å². The highest BCUT2D eigenvalue weighted by molar-refractivity contribution is 5.99. The summed E-state index contributed by atoms with van der Waals surface area (Å²) in [7, 11) is 0. The second-order valence-corrected chi connectivity index (χ2v) is 4.33. The number of hydrogen-bond donors (Lipinski definition) is 1. The average molecular weight is 271 g/mol. The van der Waals surface area contributed by atoms with Crippen LogP contribution in [0.5, 0.6) is 0 Å². The molecule has 0 saturated carbocycles. The molecule has 0 radical (unpaired) electrons. The number of carbonyl (C=O) groups is 2. The lowest BCUT2D eigenvalue weighted by molar-refractivity contribution is -0.120. The van der Waals surface area contributed by atoms with Gasteiger partial charge >= 0.3 is 0 Å². The van der Waals surface area contributed by atoms with E-state index in [-0.39, 0.29) is 24.7 Å². The number of carbonyl (C=O) groups excluding carboxylic acids is 2. The van der Waals surface area contributed by atoms with E-state index in [4.69, 9.17) is 0 Å². The quantitative estimate of drug-likeness (QED) is 0.849. The predicted molar refractivity (Wildman–Crippen MR) is 73.9 cm³/mol. The first kappa shape index (κ1) is 13.9. The van der Waals surface area contributed by atoms with Crippen molar-refractivity contribution in [3.05, 3.63) is 71.5 Å². The van der Waals surface area contributed by atoms with Gasteiger partial charge in [-0.05, 0) is 11.6 Å². The molecule has 0 aliphatic heterocycles. The van der Waals surface area contributed by atoms with Gasteiger partial charge in [0.2, 0.25) is 5.91 Å². The summed E-state index contributed by atoms with van der Waals surface area (Å²) in [5, 5.41) is 2.50. The minimum absolute atomic E-state index is 0.0747. The molecule has 0 heterocycles. The Morgan fingerprint density at radius 3 is 2.30 bits per heavy atom. The Balaban J connectivity index is 1.87. The van der Waals surface area contributed by atoms with E-state index in [0.717, 1.165) is 0 Å². The van der Waals surface area contributed by atoms with Crippen molar-refractivity contribution in [2.75, 3.05) is 6.54 Å². The van der Waals surface area contributed by atoms with Gasteiger partial charge in [0.1, 0.15) is 5.82 Å². The smallest absolute Gasteiger partial charge is 0.224 e. The van der Waals surface area contributed by atoms with Crippen molar-refractivity contribution in [1.29, 1.82) is 0 Å². The third-order valence-electron chi connectivity index (χ3n) is 2.85. The molecule has 2 aromatic carbocycles. The molecule has 3 nitrogen and oxygen atoms in total. The molecule has 0 bridgehead atoms. The van der Waals surface area contributed by atoms with Gasteiger partial charge in [-0.3, -0.25) is 9.59 Å². The molecule has 0 aromatic heterocycles. The molecule has 4 heteroatoms. The van der Waals surface area contributed by atoms with E-state index in [1.807, 2.05) is 6.07 Å². The van der Waals surface area contributed by atoms with Crippen LogP contribution in [0, 0.1) is 5.82 Å². The highest BCUT2D eigenvalue weighted by atomic mass is 19.1. The van der Waals surface area contributed by atoms with Gasteiger partial charge in [-0.15, -0.1) is 0 Å². The first-order valence-electron chi connectivity index (χ1n) is 6.25. The molecule has 2 rings (SSSR count). The average Bonchev–Trinajstić information content (AvgIpc) is 2.48. The van der Waals surface area contributed by atoms with Crippen molar-refractivity contribution in [1.82, 2.24) is 5.32 Å². The molecule has 2 aromatic rings. The monoisotopic (exact) mass is 271 g/mol. The second-order valence-electron chi connectivity index (χ2n) is 4.33.